The molecule has 0 bridgehead atoms. The number of carbonyl (C=O) groups is 6. The molecule has 216 valence electrons. The zero-order valence-corrected chi connectivity index (χ0v) is 20.9. The van der Waals surface area contributed by atoms with Gasteiger partial charge in [0.15, 0.2) is 5.96 Å². The first-order valence-corrected chi connectivity index (χ1v) is 11.9. The molecule has 0 heterocycles. The van der Waals surface area contributed by atoms with Gasteiger partial charge in [0, 0.05) is 13.0 Å². The number of carboxylic acid groups (broad SMARTS) is 3. The van der Waals surface area contributed by atoms with E-state index in [1.54, 1.807) is 0 Å². The molecule has 0 spiro atoms. The molecule has 0 aliphatic rings. The van der Waals surface area contributed by atoms with Crippen LogP contribution in [0.2, 0.25) is 0 Å². The van der Waals surface area contributed by atoms with E-state index in [1.807, 2.05) is 0 Å². The van der Waals surface area contributed by atoms with E-state index < -0.39 is 72.6 Å². The van der Waals surface area contributed by atoms with E-state index in [0.29, 0.717) is 19.4 Å². The van der Waals surface area contributed by atoms with Gasteiger partial charge >= 0.3 is 17.9 Å². The van der Waals surface area contributed by atoms with Gasteiger partial charge in [0.2, 0.25) is 17.7 Å². The quantitative estimate of drug-likeness (QED) is 0.0401. The molecule has 0 radical (unpaired) electrons. The molecule has 0 aromatic heterocycles. The number of guanidine groups is 1. The molecule has 0 aromatic carbocycles. The number of rotatable bonds is 20. The lowest BCUT2D eigenvalue weighted by atomic mass is 10.0. The van der Waals surface area contributed by atoms with E-state index in [0.717, 1.165) is 0 Å². The lowest BCUT2D eigenvalue weighted by Crippen LogP contribution is -2.57. The maximum Gasteiger partial charge on any atom is 0.326 e. The first-order chi connectivity index (χ1) is 17.8. The van der Waals surface area contributed by atoms with Gasteiger partial charge in [-0.1, -0.05) is 0 Å². The average molecular weight is 547 g/mol. The Balaban J connectivity index is 5.67. The first kappa shape index (κ1) is 34.0. The van der Waals surface area contributed by atoms with Crippen molar-refractivity contribution in [3.63, 3.8) is 0 Å². The SMILES string of the molecule is NCCCCC(NC(=O)C(CCC(=O)O)NC(=O)C(CCCN=C(N)N)NC(=O)C(N)CC(=O)O)C(=O)O. The molecule has 0 aliphatic carbocycles. The maximum absolute atomic E-state index is 13.0. The number of carboxylic acids is 3. The number of nitrogens with two attached hydrogens (primary N) is 4. The molecular weight excluding hydrogens is 508 g/mol. The molecule has 14 N–H and O–H groups in total. The van der Waals surface area contributed by atoms with Gasteiger partial charge in [-0.05, 0) is 45.1 Å². The predicted molar refractivity (Wildman–Crippen MR) is 133 cm³/mol. The third-order valence-corrected chi connectivity index (χ3v) is 5.15. The zero-order chi connectivity index (χ0) is 29.3. The van der Waals surface area contributed by atoms with Crippen molar-refractivity contribution in [1.82, 2.24) is 16.0 Å². The van der Waals surface area contributed by atoms with Gasteiger partial charge in [-0.25, -0.2) is 4.79 Å². The number of aliphatic imine (C=N–C) groups is 1. The molecule has 0 rings (SSSR count). The van der Waals surface area contributed by atoms with Crippen LogP contribution in [0.3, 0.4) is 0 Å². The first-order valence-electron chi connectivity index (χ1n) is 11.9. The smallest absolute Gasteiger partial charge is 0.326 e. The molecule has 17 nitrogen and oxygen atoms in total. The number of amides is 3. The second-order valence-electron chi connectivity index (χ2n) is 8.39. The monoisotopic (exact) mass is 546 g/mol. The van der Waals surface area contributed by atoms with Crippen LogP contribution in [0.5, 0.6) is 0 Å². The Kier molecular flexibility index (Phi) is 16.4. The van der Waals surface area contributed by atoms with Crippen molar-refractivity contribution in [2.45, 2.75) is 75.5 Å². The van der Waals surface area contributed by atoms with Crippen LogP contribution in [0.25, 0.3) is 0 Å². The largest absolute Gasteiger partial charge is 0.481 e. The number of nitrogens with one attached hydrogen (secondary N) is 3. The summed E-state index contributed by atoms with van der Waals surface area (Å²) < 4.78 is 0. The van der Waals surface area contributed by atoms with Crippen LogP contribution < -0.4 is 38.9 Å². The molecule has 4 unspecified atom stereocenters. The van der Waals surface area contributed by atoms with Gasteiger partial charge in [-0.2, -0.15) is 0 Å². The Morgan fingerprint density at radius 1 is 0.711 bits per heavy atom. The molecular formula is C21H38N8O9. The molecule has 38 heavy (non-hydrogen) atoms. The summed E-state index contributed by atoms with van der Waals surface area (Å²) in [5.41, 5.74) is 21.5. The number of hydrogen-bond donors (Lipinski definition) is 10. The fourth-order valence-electron chi connectivity index (χ4n) is 3.16. The van der Waals surface area contributed by atoms with Gasteiger partial charge in [-0.3, -0.25) is 29.0 Å². The third-order valence-electron chi connectivity index (χ3n) is 5.15. The molecule has 4 atom stereocenters. The van der Waals surface area contributed by atoms with Crippen molar-refractivity contribution in [3.05, 3.63) is 0 Å². The summed E-state index contributed by atoms with van der Waals surface area (Å²) in [6.07, 6.45) is -0.522. The van der Waals surface area contributed by atoms with Crippen LogP contribution in [0.1, 0.15) is 51.4 Å². The van der Waals surface area contributed by atoms with Gasteiger partial charge in [0.25, 0.3) is 0 Å². The molecule has 0 saturated heterocycles. The number of nitrogens with zero attached hydrogens (tertiary/aromatic N) is 1. The minimum atomic E-state index is -1.48. The molecule has 0 saturated carbocycles. The van der Waals surface area contributed by atoms with Gasteiger partial charge in [-0.15, -0.1) is 0 Å². The Bertz CT molecular complexity index is 864. The highest BCUT2D eigenvalue weighted by Crippen LogP contribution is 2.07. The summed E-state index contributed by atoms with van der Waals surface area (Å²) in [6.45, 7) is 0.402. The highest BCUT2D eigenvalue weighted by atomic mass is 16.4. The molecule has 3 amide bonds. The normalized spacial score (nSPS) is 13.7. The lowest BCUT2D eigenvalue weighted by Gasteiger charge is -2.25. The van der Waals surface area contributed by atoms with E-state index in [-0.39, 0.29) is 38.2 Å². The molecule has 0 aliphatic heterocycles. The minimum Gasteiger partial charge on any atom is -0.481 e. The molecule has 0 aromatic rings. The number of aliphatic carboxylic acids is 3. The lowest BCUT2D eigenvalue weighted by molar-refractivity contribution is -0.143. The van der Waals surface area contributed by atoms with Crippen molar-refractivity contribution in [3.8, 4) is 0 Å². The average Bonchev–Trinajstić information content (AvgIpc) is 2.81. The Hall–Kier alpha value is -3.99. The predicted octanol–water partition coefficient (Wildman–Crippen LogP) is -3.63. The van der Waals surface area contributed by atoms with E-state index >= 15 is 0 Å². The zero-order valence-electron chi connectivity index (χ0n) is 20.9. The molecule has 0 fully saturated rings. The summed E-state index contributed by atoms with van der Waals surface area (Å²) in [7, 11) is 0. The van der Waals surface area contributed by atoms with E-state index in [4.69, 9.17) is 33.1 Å². The maximum atomic E-state index is 13.0. The van der Waals surface area contributed by atoms with Crippen molar-refractivity contribution in [1.29, 1.82) is 0 Å². The Morgan fingerprint density at radius 2 is 1.24 bits per heavy atom. The van der Waals surface area contributed by atoms with Crippen LogP contribution in [0.4, 0.5) is 0 Å². The highest BCUT2D eigenvalue weighted by molar-refractivity contribution is 5.94. The summed E-state index contributed by atoms with van der Waals surface area (Å²) in [5, 5.41) is 34.2. The standard InChI is InChI=1S/C21H38N8O9/c22-8-2-1-4-14(20(37)38)29-19(36)13(6-7-15(30)31)28-18(35)12(5-3-9-26-21(24)25)27-17(34)11(23)10-16(32)33/h11-14H,1-10,22-23H2,(H,27,34)(H,28,35)(H,29,36)(H,30,31)(H,32,33)(H,37,38)(H4,24,25,26). The van der Waals surface area contributed by atoms with Crippen LogP contribution in [-0.2, 0) is 28.8 Å². The van der Waals surface area contributed by atoms with Gasteiger partial charge in [0.05, 0.1) is 12.5 Å². The summed E-state index contributed by atoms with van der Waals surface area (Å²) in [6, 6.07) is -5.56. The van der Waals surface area contributed by atoms with Crippen LogP contribution in [0, 0.1) is 0 Å². The van der Waals surface area contributed by atoms with Crippen LogP contribution in [0.15, 0.2) is 4.99 Å². The topological polar surface area (TPSA) is 316 Å². The number of hydrogen-bond acceptors (Lipinski definition) is 9. The van der Waals surface area contributed by atoms with Crippen molar-refractivity contribution in [2.24, 2.45) is 27.9 Å². The minimum absolute atomic E-state index is 0.0573. The number of carbonyl (C=O) groups excluding carboxylic acids is 3. The van der Waals surface area contributed by atoms with E-state index in [9.17, 15) is 33.9 Å². The highest BCUT2D eigenvalue weighted by Gasteiger charge is 2.30. The van der Waals surface area contributed by atoms with Crippen molar-refractivity contribution >= 4 is 41.6 Å². The summed E-state index contributed by atoms with van der Waals surface area (Å²) in [4.78, 5) is 75.4. The summed E-state index contributed by atoms with van der Waals surface area (Å²) in [5.74, 6) is -6.94. The summed E-state index contributed by atoms with van der Waals surface area (Å²) >= 11 is 0. The Labute approximate surface area is 218 Å². The van der Waals surface area contributed by atoms with Gasteiger partial charge < -0.3 is 54.2 Å². The third kappa shape index (κ3) is 15.2. The van der Waals surface area contributed by atoms with E-state index in [1.165, 1.54) is 0 Å². The van der Waals surface area contributed by atoms with Crippen molar-refractivity contribution < 1.29 is 44.1 Å². The second kappa shape index (κ2) is 18.3. The van der Waals surface area contributed by atoms with Crippen LogP contribution >= 0.6 is 0 Å². The van der Waals surface area contributed by atoms with Crippen LogP contribution in [-0.4, -0.2) is 94.2 Å². The van der Waals surface area contributed by atoms with E-state index in [2.05, 4.69) is 20.9 Å². The fraction of sp³-hybridized carbons (Fsp3) is 0.667. The number of unbranched alkanes of at least 4 members (excludes halogenated alkanes) is 1. The second-order valence-corrected chi connectivity index (χ2v) is 8.39. The fourth-order valence-corrected chi connectivity index (χ4v) is 3.16. The molecule has 17 heteroatoms. The van der Waals surface area contributed by atoms with Crippen molar-refractivity contribution in [2.75, 3.05) is 13.1 Å². The van der Waals surface area contributed by atoms with Gasteiger partial charge in [0.1, 0.15) is 18.1 Å². The Morgan fingerprint density at radius 3 is 1.74 bits per heavy atom.